The number of ether oxygens (including phenoxy) is 3. The van der Waals surface area contributed by atoms with E-state index in [1.54, 1.807) is 36.4 Å². The lowest BCUT2D eigenvalue weighted by atomic mass is 10.1. The van der Waals surface area contributed by atoms with E-state index in [-0.39, 0.29) is 18.0 Å². The van der Waals surface area contributed by atoms with Crippen molar-refractivity contribution in [3.05, 3.63) is 89.5 Å². The van der Waals surface area contributed by atoms with Gasteiger partial charge < -0.3 is 18.6 Å². The van der Waals surface area contributed by atoms with E-state index in [2.05, 4.69) is 4.99 Å². The predicted molar refractivity (Wildman–Crippen MR) is 113 cm³/mol. The van der Waals surface area contributed by atoms with Crippen molar-refractivity contribution in [2.75, 3.05) is 6.61 Å². The summed E-state index contributed by atoms with van der Waals surface area (Å²) in [5, 5.41) is 0. The van der Waals surface area contributed by atoms with Gasteiger partial charge in [0.05, 0.1) is 19.3 Å². The molecule has 0 saturated heterocycles. The second kappa shape index (κ2) is 9.13. The normalized spacial score (nSPS) is 14.3. The molecule has 1 aliphatic rings. The Labute approximate surface area is 178 Å². The van der Waals surface area contributed by atoms with E-state index in [0.717, 1.165) is 5.56 Å². The number of cyclic esters (lactones) is 1. The molecule has 0 aliphatic carbocycles. The zero-order valence-electron chi connectivity index (χ0n) is 16.7. The molecule has 0 fully saturated rings. The van der Waals surface area contributed by atoms with Gasteiger partial charge >= 0.3 is 11.9 Å². The Morgan fingerprint density at radius 3 is 2.65 bits per heavy atom. The molecule has 4 rings (SSSR count). The van der Waals surface area contributed by atoms with Crippen LogP contribution in [0.5, 0.6) is 11.5 Å². The van der Waals surface area contributed by atoms with Crippen LogP contribution in [0.15, 0.2) is 82.0 Å². The molecule has 1 aromatic heterocycles. The van der Waals surface area contributed by atoms with Gasteiger partial charge in [-0.1, -0.05) is 36.4 Å². The Hall–Kier alpha value is -4.13. The van der Waals surface area contributed by atoms with Crippen molar-refractivity contribution in [2.45, 2.75) is 13.3 Å². The first kappa shape index (κ1) is 20.2. The maximum absolute atomic E-state index is 12.3. The highest BCUT2D eigenvalue weighted by molar-refractivity contribution is 6.11. The lowest BCUT2D eigenvalue weighted by Gasteiger charge is -2.11. The second-order valence-electron chi connectivity index (χ2n) is 6.59. The summed E-state index contributed by atoms with van der Waals surface area (Å²) in [5.74, 6) is 0.191. The molecule has 0 radical (unpaired) electrons. The average molecular weight is 417 g/mol. The molecule has 2 heterocycles. The van der Waals surface area contributed by atoms with Gasteiger partial charge in [0.2, 0.25) is 0 Å². The molecule has 31 heavy (non-hydrogen) atoms. The molecule has 7 nitrogen and oxygen atoms in total. The van der Waals surface area contributed by atoms with Crippen molar-refractivity contribution in [1.82, 2.24) is 0 Å². The number of aliphatic imine (C=N–C) groups is 1. The minimum Gasteiger partial charge on any atom is -0.490 e. The first-order valence-electron chi connectivity index (χ1n) is 9.70. The Balaban J connectivity index is 1.54. The molecule has 7 heteroatoms. The highest BCUT2D eigenvalue weighted by Gasteiger charge is 2.26. The van der Waals surface area contributed by atoms with Crippen LogP contribution in [0, 0.1) is 0 Å². The van der Waals surface area contributed by atoms with E-state index in [1.807, 2.05) is 37.3 Å². The van der Waals surface area contributed by atoms with Crippen LogP contribution in [0.3, 0.4) is 0 Å². The summed E-state index contributed by atoms with van der Waals surface area (Å²) < 4.78 is 21.5. The molecule has 2 aromatic carbocycles. The SMILES string of the molecule is CCOc1cc(/C=C2/N=C(c3ccco3)OC2=O)ccc1OC(=O)Cc1ccccc1. The molecular formula is C24H19NO6. The van der Waals surface area contributed by atoms with Gasteiger partial charge in [0.1, 0.15) is 0 Å². The molecule has 0 bridgehead atoms. The van der Waals surface area contributed by atoms with E-state index < -0.39 is 11.9 Å². The van der Waals surface area contributed by atoms with Crippen LogP contribution in [0.1, 0.15) is 23.8 Å². The zero-order chi connectivity index (χ0) is 21.6. The van der Waals surface area contributed by atoms with Crippen LogP contribution in [0.2, 0.25) is 0 Å². The summed E-state index contributed by atoms with van der Waals surface area (Å²) >= 11 is 0. The number of nitrogens with zero attached hydrogens (tertiary/aromatic N) is 1. The van der Waals surface area contributed by atoms with Gasteiger partial charge in [-0.25, -0.2) is 9.79 Å². The van der Waals surface area contributed by atoms with Gasteiger partial charge in [0.25, 0.3) is 5.90 Å². The number of furan rings is 1. The fourth-order valence-corrected chi connectivity index (χ4v) is 2.96. The number of benzene rings is 2. The molecular weight excluding hydrogens is 398 g/mol. The third-order valence-electron chi connectivity index (χ3n) is 4.34. The molecule has 0 amide bonds. The Morgan fingerprint density at radius 1 is 1.06 bits per heavy atom. The van der Waals surface area contributed by atoms with E-state index in [0.29, 0.717) is 29.4 Å². The smallest absolute Gasteiger partial charge is 0.363 e. The van der Waals surface area contributed by atoms with Crippen molar-refractivity contribution in [3.8, 4) is 11.5 Å². The first-order valence-corrected chi connectivity index (χ1v) is 9.70. The second-order valence-corrected chi connectivity index (χ2v) is 6.59. The fraction of sp³-hybridized carbons (Fsp3) is 0.125. The third-order valence-corrected chi connectivity index (χ3v) is 4.34. The van der Waals surface area contributed by atoms with Crippen LogP contribution in [-0.4, -0.2) is 24.4 Å². The Kier molecular flexibility index (Phi) is 5.93. The van der Waals surface area contributed by atoms with E-state index in [1.165, 1.54) is 6.26 Å². The molecule has 0 N–H and O–H groups in total. The molecule has 0 saturated carbocycles. The number of hydrogen-bond donors (Lipinski definition) is 0. The van der Waals surface area contributed by atoms with Crippen molar-refractivity contribution in [3.63, 3.8) is 0 Å². The van der Waals surface area contributed by atoms with Gasteiger partial charge in [0, 0.05) is 0 Å². The van der Waals surface area contributed by atoms with Gasteiger partial charge in [-0.05, 0) is 48.4 Å². The number of carbonyl (C=O) groups is 2. The van der Waals surface area contributed by atoms with Crippen LogP contribution < -0.4 is 9.47 Å². The van der Waals surface area contributed by atoms with Crippen molar-refractivity contribution >= 4 is 23.9 Å². The monoisotopic (exact) mass is 417 g/mol. The average Bonchev–Trinajstić information content (AvgIpc) is 3.41. The summed E-state index contributed by atoms with van der Waals surface area (Å²) in [5.41, 5.74) is 1.63. The zero-order valence-corrected chi connectivity index (χ0v) is 16.7. The van der Waals surface area contributed by atoms with E-state index in [4.69, 9.17) is 18.6 Å². The largest absolute Gasteiger partial charge is 0.490 e. The number of hydrogen-bond acceptors (Lipinski definition) is 7. The summed E-state index contributed by atoms with van der Waals surface area (Å²) in [6.45, 7) is 2.21. The lowest BCUT2D eigenvalue weighted by molar-refractivity contribution is -0.133. The molecule has 156 valence electrons. The minimum atomic E-state index is -0.581. The molecule has 0 unspecified atom stereocenters. The lowest BCUT2D eigenvalue weighted by Crippen LogP contribution is -2.12. The van der Waals surface area contributed by atoms with E-state index >= 15 is 0 Å². The predicted octanol–water partition coefficient (Wildman–Crippen LogP) is 4.17. The summed E-state index contributed by atoms with van der Waals surface area (Å²) in [6, 6.07) is 17.7. The fourth-order valence-electron chi connectivity index (χ4n) is 2.96. The maximum atomic E-state index is 12.3. The van der Waals surface area contributed by atoms with Crippen LogP contribution in [-0.2, 0) is 20.7 Å². The molecule has 0 spiro atoms. The highest BCUT2D eigenvalue weighted by Crippen LogP contribution is 2.30. The summed E-state index contributed by atoms with van der Waals surface area (Å²) in [4.78, 5) is 28.6. The highest BCUT2D eigenvalue weighted by atomic mass is 16.6. The maximum Gasteiger partial charge on any atom is 0.363 e. The Morgan fingerprint density at radius 2 is 1.90 bits per heavy atom. The minimum absolute atomic E-state index is 0.109. The van der Waals surface area contributed by atoms with Crippen LogP contribution in [0.4, 0.5) is 0 Å². The first-order chi connectivity index (χ1) is 15.1. The standard InChI is InChI=1S/C24H19NO6/c1-2-28-21-14-17(13-18-24(27)31-23(25-18)20-9-6-12-29-20)10-11-19(21)30-22(26)15-16-7-4-3-5-8-16/h3-14H,2,15H2,1H3/b18-13+. The van der Waals surface area contributed by atoms with E-state index in [9.17, 15) is 9.59 Å². The van der Waals surface area contributed by atoms with Gasteiger partial charge in [0.15, 0.2) is 23.0 Å². The van der Waals surface area contributed by atoms with Gasteiger partial charge in [-0.3, -0.25) is 4.79 Å². The van der Waals surface area contributed by atoms with Crippen molar-refractivity contribution in [2.24, 2.45) is 4.99 Å². The number of carbonyl (C=O) groups excluding carboxylic acids is 2. The summed E-state index contributed by atoms with van der Waals surface area (Å²) in [6.07, 6.45) is 3.18. The quantitative estimate of drug-likeness (QED) is 0.326. The third kappa shape index (κ3) is 4.90. The molecule has 1 aliphatic heterocycles. The van der Waals surface area contributed by atoms with Crippen LogP contribution >= 0.6 is 0 Å². The van der Waals surface area contributed by atoms with Gasteiger partial charge in [-0.15, -0.1) is 0 Å². The van der Waals surface area contributed by atoms with Gasteiger partial charge in [-0.2, -0.15) is 0 Å². The van der Waals surface area contributed by atoms with Crippen molar-refractivity contribution < 1.29 is 28.2 Å². The summed E-state index contributed by atoms with van der Waals surface area (Å²) in [7, 11) is 0. The Bertz CT molecular complexity index is 1150. The molecule has 3 aromatic rings. The number of rotatable bonds is 7. The van der Waals surface area contributed by atoms with Crippen LogP contribution in [0.25, 0.3) is 6.08 Å². The molecule has 0 atom stereocenters. The van der Waals surface area contributed by atoms with Crippen molar-refractivity contribution in [1.29, 1.82) is 0 Å². The topological polar surface area (TPSA) is 87.3 Å². The number of esters is 2.